The average Bonchev–Trinajstić information content (AvgIpc) is 2.88. The molecule has 0 amide bonds. The van der Waals surface area contributed by atoms with Gasteiger partial charge in [-0.1, -0.05) is 12.8 Å². The first-order valence-corrected chi connectivity index (χ1v) is 8.38. The van der Waals surface area contributed by atoms with E-state index in [0.29, 0.717) is 17.1 Å². The Kier molecular flexibility index (Phi) is 5.86. The molecule has 0 aliphatic rings. The van der Waals surface area contributed by atoms with Gasteiger partial charge in [0.25, 0.3) is 11.7 Å². The van der Waals surface area contributed by atoms with E-state index in [4.69, 9.17) is 4.42 Å². The lowest BCUT2D eigenvalue weighted by Gasteiger charge is -2.01. The Morgan fingerprint density at radius 1 is 1.33 bits per heavy atom. The molecule has 0 spiro atoms. The molecule has 2 rings (SSSR count). The van der Waals surface area contributed by atoms with Gasteiger partial charge in [0.2, 0.25) is 0 Å². The van der Waals surface area contributed by atoms with Gasteiger partial charge in [-0.3, -0.25) is 10.1 Å². The van der Waals surface area contributed by atoms with Crippen molar-refractivity contribution in [1.29, 1.82) is 0 Å². The third-order valence-corrected chi connectivity index (χ3v) is 3.83. The predicted molar refractivity (Wildman–Crippen MR) is 86.0 cm³/mol. The zero-order valence-corrected chi connectivity index (χ0v) is 12.8. The largest absolute Gasteiger partial charge is 0.424 e. The lowest BCUT2D eigenvalue weighted by atomic mass is 10.2. The van der Waals surface area contributed by atoms with Gasteiger partial charge < -0.3 is 9.73 Å². The van der Waals surface area contributed by atoms with Crippen molar-refractivity contribution in [2.75, 3.05) is 23.9 Å². The van der Waals surface area contributed by atoms with E-state index in [1.165, 1.54) is 37.1 Å². The summed E-state index contributed by atoms with van der Waals surface area (Å²) in [4.78, 5) is 14.5. The second kappa shape index (κ2) is 7.87. The summed E-state index contributed by atoms with van der Waals surface area (Å²) in [5.41, 5.74) is 1.09. The number of aromatic nitrogens is 1. The van der Waals surface area contributed by atoms with E-state index in [2.05, 4.69) is 16.6 Å². The second-order valence-corrected chi connectivity index (χ2v) is 5.75. The Morgan fingerprint density at radius 2 is 2.14 bits per heavy atom. The molecule has 1 heterocycles. The fourth-order valence-electron chi connectivity index (χ4n) is 2.03. The van der Waals surface area contributed by atoms with Crippen LogP contribution in [0.4, 0.5) is 11.7 Å². The Bertz CT molecular complexity index is 600. The number of nitrogens with zero attached hydrogens (tertiary/aromatic N) is 2. The van der Waals surface area contributed by atoms with Gasteiger partial charge in [-0.15, -0.1) is 0 Å². The van der Waals surface area contributed by atoms with Crippen molar-refractivity contribution in [3.8, 4) is 0 Å². The van der Waals surface area contributed by atoms with Crippen molar-refractivity contribution in [3.63, 3.8) is 0 Å². The first-order valence-electron chi connectivity index (χ1n) is 6.98. The van der Waals surface area contributed by atoms with E-state index < -0.39 is 4.92 Å². The molecule has 0 unspecified atom stereocenters. The molecule has 0 saturated carbocycles. The maximum absolute atomic E-state index is 10.7. The number of oxazole rings is 1. The molecule has 0 fully saturated rings. The van der Waals surface area contributed by atoms with Crippen LogP contribution in [0.25, 0.3) is 11.1 Å². The highest BCUT2D eigenvalue weighted by atomic mass is 32.2. The van der Waals surface area contributed by atoms with Crippen molar-refractivity contribution in [3.05, 3.63) is 28.3 Å². The van der Waals surface area contributed by atoms with Gasteiger partial charge in [0.15, 0.2) is 5.58 Å². The number of non-ortho nitro benzene ring substituents is 1. The van der Waals surface area contributed by atoms with Crippen LogP contribution in [0.2, 0.25) is 0 Å². The number of thioether (sulfide) groups is 1. The standard InChI is InChI=1S/C14H19N3O3S/c1-21-9-5-3-2-4-8-15-14-16-12-10-11(17(18)19)6-7-13(12)20-14/h6-7,10H,2-5,8-9H2,1H3,(H,15,16). The summed E-state index contributed by atoms with van der Waals surface area (Å²) >= 11 is 1.88. The number of hydrogen-bond donors (Lipinski definition) is 1. The third kappa shape index (κ3) is 4.63. The number of rotatable bonds is 9. The summed E-state index contributed by atoms with van der Waals surface area (Å²) in [5.74, 6) is 1.22. The van der Waals surface area contributed by atoms with Crippen LogP contribution in [0.1, 0.15) is 25.7 Å². The molecule has 114 valence electrons. The number of hydrogen-bond acceptors (Lipinski definition) is 6. The van der Waals surface area contributed by atoms with Gasteiger partial charge in [0.1, 0.15) is 5.52 Å². The van der Waals surface area contributed by atoms with Crippen LogP contribution >= 0.6 is 11.8 Å². The number of nitro benzene ring substituents is 1. The number of nitrogens with one attached hydrogen (secondary N) is 1. The molecule has 6 nitrogen and oxygen atoms in total. The lowest BCUT2D eigenvalue weighted by molar-refractivity contribution is -0.384. The molecule has 0 bridgehead atoms. The van der Waals surface area contributed by atoms with Crippen molar-refractivity contribution in [2.24, 2.45) is 0 Å². The first kappa shape index (κ1) is 15.6. The first-order chi connectivity index (χ1) is 10.2. The summed E-state index contributed by atoms with van der Waals surface area (Å²) in [6.07, 6.45) is 6.86. The van der Waals surface area contributed by atoms with Crippen LogP contribution in [0.15, 0.2) is 22.6 Å². The van der Waals surface area contributed by atoms with E-state index in [0.717, 1.165) is 13.0 Å². The Balaban J connectivity index is 1.81. The number of unbranched alkanes of at least 4 members (excludes halogenated alkanes) is 3. The van der Waals surface area contributed by atoms with Gasteiger partial charge in [-0.25, -0.2) is 0 Å². The molecular formula is C14H19N3O3S. The summed E-state index contributed by atoms with van der Waals surface area (Å²) < 4.78 is 5.50. The Hall–Kier alpha value is -1.76. The van der Waals surface area contributed by atoms with Crippen LogP contribution in [0, 0.1) is 10.1 Å². The molecule has 0 saturated heterocycles. The van der Waals surface area contributed by atoms with Gasteiger partial charge in [0.05, 0.1) is 4.92 Å². The fourth-order valence-corrected chi connectivity index (χ4v) is 2.52. The molecule has 21 heavy (non-hydrogen) atoms. The number of benzene rings is 1. The lowest BCUT2D eigenvalue weighted by Crippen LogP contribution is -2.01. The van der Waals surface area contributed by atoms with Crippen LogP contribution in [0.5, 0.6) is 0 Å². The average molecular weight is 309 g/mol. The van der Waals surface area contributed by atoms with Crippen molar-refractivity contribution in [1.82, 2.24) is 4.98 Å². The molecule has 7 heteroatoms. The summed E-state index contributed by atoms with van der Waals surface area (Å²) in [6.45, 7) is 0.800. The number of anilines is 1. The fraction of sp³-hybridized carbons (Fsp3) is 0.500. The normalized spacial score (nSPS) is 10.9. The van der Waals surface area contributed by atoms with Gasteiger partial charge in [-0.05, 0) is 30.9 Å². The molecular weight excluding hydrogens is 290 g/mol. The molecule has 0 aliphatic carbocycles. The predicted octanol–water partition coefficient (Wildman–Crippen LogP) is 4.07. The van der Waals surface area contributed by atoms with Crippen molar-refractivity contribution in [2.45, 2.75) is 25.7 Å². The number of nitro groups is 1. The molecule has 1 aromatic heterocycles. The Labute approximate surface area is 127 Å². The van der Waals surface area contributed by atoms with Crippen LogP contribution in [0.3, 0.4) is 0 Å². The molecule has 0 aliphatic heterocycles. The monoisotopic (exact) mass is 309 g/mol. The summed E-state index contributed by atoms with van der Waals surface area (Å²) in [5, 5.41) is 13.8. The van der Waals surface area contributed by atoms with Crippen molar-refractivity contribution >= 4 is 34.6 Å². The van der Waals surface area contributed by atoms with E-state index in [1.807, 2.05) is 11.8 Å². The molecule has 1 aromatic carbocycles. The SMILES string of the molecule is CSCCCCCCNc1nc2cc([N+](=O)[O-])ccc2o1. The summed E-state index contributed by atoms with van der Waals surface area (Å²) in [7, 11) is 0. The van der Waals surface area contributed by atoms with Crippen molar-refractivity contribution < 1.29 is 9.34 Å². The molecule has 2 aromatic rings. The minimum atomic E-state index is -0.435. The van der Waals surface area contributed by atoms with Crippen LogP contribution < -0.4 is 5.32 Å². The van der Waals surface area contributed by atoms with Gasteiger partial charge in [-0.2, -0.15) is 16.7 Å². The molecule has 0 atom stereocenters. The quantitative estimate of drug-likeness (QED) is 0.427. The second-order valence-electron chi connectivity index (χ2n) is 4.76. The van der Waals surface area contributed by atoms with Gasteiger partial charge in [0, 0.05) is 18.7 Å². The van der Waals surface area contributed by atoms with E-state index in [-0.39, 0.29) is 5.69 Å². The maximum Gasteiger partial charge on any atom is 0.295 e. The van der Waals surface area contributed by atoms with E-state index in [1.54, 1.807) is 6.07 Å². The minimum absolute atomic E-state index is 0.0242. The maximum atomic E-state index is 10.7. The molecule has 0 radical (unpaired) electrons. The number of fused-ring (bicyclic) bond motifs is 1. The van der Waals surface area contributed by atoms with E-state index in [9.17, 15) is 10.1 Å². The zero-order chi connectivity index (χ0) is 15.1. The zero-order valence-electron chi connectivity index (χ0n) is 12.0. The van der Waals surface area contributed by atoms with Crippen LogP contribution in [-0.2, 0) is 0 Å². The van der Waals surface area contributed by atoms with Gasteiger partial charge >= 0.3 is 0 Å². The van der Waals surface area contributed by atoms with Crippen LogP contribution in [-0.4, -0.2) is 28.5 Å². The minimum Gasteiger partial charge on any atom is -0.424 e. The highest BCUT2D eigenvalue weighted by Gasteiger charge is 2.11. The topological polar surface area (TPSA) is 81.2 Å². The van der Waals surface area contributed by atoms with E-state index >= 15 is 0 Å². The Morgan fingerprint density at radius 3 is 2.90 bits per heavy atom. The molecule has 1 N–H and O–H groups in total. The summed E-state index contributed by atoms with van der Waals surface area (Å²) in [6, 6.07) is 4.85. The highest BCUT2D eigenvalue weighted by Crippen LogP contribution is 2.23. The highest BCUT2D eigenvalue weighted by molar-refractivity contribution is 7.98. The smallest absolute Gasteiger partial charge is 0.295 e. The third-order valence-electron chi connectivity index (χ3n) is 3.13.